The lowest BCUT2D eigenvalue weighted by Crippen LogP contribution is -2.09. The number of halogens is 2. The van der Waals surface area contributed by atoms with E-state index >= 15 is 0 Å². The molecule has 0 atom stereocenters. The molecule has 0 bridgehead atoms. The molecule has 0 amide bonds. The zero-order valence-corrected chi connectivity index (χ0v) is 27.2. The largest absolute Gasteiger partial charge is 0.496 e. The highest BCUT2D eigenvalue weighted by Gasteiger charge is 2.16. The maximum atomic E-state index is 12.3. The molecule has 0 aliphatic rings. The van der Waals surface area contributed by atoms with Crippen LogP contribution in [0.3, 0.4) is 0 Å². The van der Waals surface area contributed by atoms with E-state index in [2.05, 4.69) is 0 Å². The summed E-state index contributed by atoms with van der Waals surface area (Å²) in [6.07, 6.45) is -0.0862. The lowest BCUT2D eigenvalue weighted by Gasteiger charge is -2.10. The quantitative estimate of drug-likeness (QED) is 0.112. The van der Waals surface area contributed by atoms with Crippen molar-refractivity contribution >= 4 is 46.7 Å². The minimum Gasteiger partial charge on any atom is -0.496 e. The number of rotatable bonds is 13. The van der Waals surface area contributed by atoms with Gasteiger partial charge in [-0.2, -0.15) is 0 Å². The monoisotopic (exact) mass is 664 g/mol. The van der Waals surface area contributed by atoms with E-state index in [1.165, 1.54) is 14.2 Å². The third-order valence-corrected chi connectivity index (χ3v) is 7.29. The standard InChI is InChI=1S/C19H19ClO4.C17H15ClO4/c1-3-24-19(22)11-10-17(21)16-9-6-14(12-18(16)23-2)13-4-7-15(20)8-5-13;1-22-16-10-12(11-2-5-13(18)6-3-11)4-7-14(16)15(19)8-9-17(20)21/h4-9,12H,3,10-11H2,1-2H3;2-7,10H,8-9H2,1H3,(H,20,21). The van der Waals surface area contributed by atoms with E-state index in [0.29, 0.717) is 39.3 Å². The molecule has 8 nitrogen and oxygen atoms in total. The zero-order valence-electron chi connectivity index (χ0n) is 25.7. The molecule has 0 unspecified atom stereocenters. The van der Waals surface area contributed by atoms with E-state index in [1.807, 2.05) is 42.5 Å². The third kappa shape index (κ3) is 10.5. The van der Waals surface area contributed by atoms with Crippen molar-refractivity contribution in [2.45, 2.75) is 32.6 Å². The first kappa shape index (κ1) is 35.8. The Morgan fingerprint density at radius 3 is 1.35 bits per heavy atom. The van der Waals surface area contributed by atoms with Crippen LogP contribution in [0.4, 0.5) is 0 Å². The summed E-state index contributed by atoms with van der Waals surface area (Å²) in [6, 6.07) is 25.4. The molecule has 0 aromatic heterocycles. The van der Waals surface area contributed by atoms with Gasteiger partial charge in [0.25, 0.3) is 0 Å². The molecule has 0 saturated heterocycles. The van der Waals surface area contributed by atoms with Crippen molar-refractivity contribution in [1.29, 1.82) is 0 Å². The Morgan fingerprint density at radius 2 is 0.978 bits per heavy atom. The Kier molecular flexibility index (Phi) is 13.8. The van der Waals surface area contributed by atoms with Crippen LogP contribution in [-0.4, -0.2) is 49.4 Å². The van der Waals surface area contributed by atoms with Gasteiger partial charge in [0.15, 0.2) is 11.6 Å². The molecule has 0 saturated carbocycles. The maximum Gasteiger partial charge on any atom is 0.306 e. The highest BCUT2D eigenvalue weighted by atomic mass is 35.5. The molecule has 0 heterocycles. The number of Topliss-reactive ketones (excluding diaryl/α,β-unsaturated/α-hetero) is 2. The Labute approximate surface area is 277 Å². The van der Waals surface area contributed by atoms with Crippen LogP contribution < -0.4 is 9.47 Å². The van der Waals surface area contributed by atoms with Crippen LogP contribution in [0.2, 0.25) is 10.0 Å². The Morgan fingerprint density at radius 1 is 0.587 bits per heavy atom. The van der Waals surface area contributed by atoms with Crippen LogP contribution in [0.1, 0.15) is 53.3 Å². The van der Waals surface area contributed by atoms with Gasteiger partial charge in [0.1, 0.15) is 11.5 Å². The van der Waals surface area contributed by atoms with Gasteiger partial charge < -0.3 is 19.3 Å². The molecule has 1 N–H and O–H groups in total. The van der Waals surface area contributed by atoms with Crippen LogP contribution in [0.5, 0.6) is 11.5 Å². The number of carboxylic acids is 1. The number of aliphatic carboxylic acids is 1. The second-order valence-corrected chi connectivity index (χ2v) is 10.8. The number of benzene rings is 4. The Bertz CT molecular complexity index is 1660. The van der Waals surface area contributed by atoms with Gasteiger partial charge in [-0.1, -0.05) is 59.6 Å². The number of ketones is 2. The van der Waals surface area contributed by atoms with Crippen molar-refractivity contribution < 1.29 is 38.5 Å². The number of esters is 1. The van der Waals surface area contributed by atoms with Gasteiger partial charge in [0.2, 0.25) is 0 Å². The highest BCUT2D eigenvalue weighted by molar-refractivity contribution is 6.31. The smallest absolute Gasteiger partial charge is 0.306 e. The van der Waals surface area contributed by atoms with Crippen molar-refractivity contribution in [2.24, 2.45) is 0 Å². The van der Waals surface area contributed by atoms with E-state index in [1.54, 1.807) is 49.4 Å². The second-order valence-electron chi connectivity index (χ2n) is 9.89. The summed E-state index contributed by atoms with van der Waals surface area (Å²) in [4.78, 5) is 46.3. The maximum absolute atomic E-state index is 12.3. The minimum absolute atomic E-state index is 0.0496. The fraction of sp³-hybridized carbons (Fsp3) is 0.222. The molecule has 4 rings (SSSR count). The van der Waals surface area contributed by atoms with Crippen LogP contribution >= 0.6 is 23.2 Å². The predicted molar refractivity (Wildman–Crippen MR) is 178 cm³/mol. The van der Waals surface area contributed by atoms with E-state index in [4.69, 9.17) is 42.5 Å². The predicted octanol–water partition coefficient (Wildman–Crippen LogP) is 8.60. The van der Waals surface area contributed by atoms with E-state index in [-0.39, 0.29) is 43.2 Å². The number of methoxy groups -OCH3 is 2. The first-order valence-electron chi connectivity index (χ1n) is 14.4. The first-order valence-corrected chi connectivity index (χ1v) is 15.1. The number of carbonyl (C=O) groups is 4. The molecule has 0 radical (unpaired) electrons. The first-order chi connectivity index (χ1) is 22.1. The average Bonchev–Trinajstić information content (AvgIpc) is 3.06. The SMILES string of the molecule is CCOC(=O)CCC(=O)c1ccc(-c2ccc(Cl)cc2)cc1OC.COc1cc(-c2ccc(Cl)cc2)ccc1C(=O)CCC(=O)O. The molecule has 10 heteroatoms. The number of hydrogen-bond donors (Lipinski definition) is 1. The highest BCUT2D eigenvalue weighted by Crippen LogP contribution is 2.30. The molecule has 4 aromatic rings. The van der Waals surface area contributed by atoms with Crippen LogP contribution in [-0.2, 0) is 14.3 Å². The summed E-state index contributed by atoms with van der Waals surface area (Å²) in [5.41, 5.74) is 4.59. The molecule has 46 heavy (non-hydrogen) atoms. The van der Waals surface area contributed by atoms with Gasteiger partial charge in [0, 0.05) is 22.9 Å². The minimum atomic E-state index is -0.995. The van der Waals surface area contributed by atoms with Gasteiger partial charge in [-0.25, -0.2) is 0 Å². The summed E-state index contributed by atoms with van der Waals surface area (Å²) >= 11 is 11.8. The number of ether oxygens (including phenoxy) is 3. The third-order valence-electron chi connectivity index (χ3n) is 6.79. The van der Waals surface area contributed by atoms with E-state index in [0.717, 1.165) is 22.3 Å². The van der Waals surface area contributed by atoms with E-state index in [9.17, 15) is 19.2 Å². The molecule has 240 valence electrons. The fourth-order valence-electron chi connectivity index (χ4n) is 4.43. The summed E-state index contributed by atoms with van der Waals surface area (Å²) in [5.74, 6) is -0.851. The summed E-state index contributed by atoms with van der Waals surface area (Å²) in [5, 5.41) is 9.97. The average molecular weight is 666 g/mol. The van der Waals surface area contributed by atoms with Gasteiger partial charge in [-0.05, 0) is 77.7 Å². The van der Waals surface area contributed by atoms with E-state index < -0.39 is 5.97 Å². The molecule has 4 aromatic carbocycles. The summed E-state index contributed by atoms with van der Waals surface area (Å²) < 4.78 is 15.4. The summed E-state index contributed by atoms with van der Waals surface area (Å²) in [7, 11) is 3.00. The van der Waals surface area contributed by atoms with Crippen molar-refractivity contribution in [3.8, 4) is 33.8 Å². The lowest BCUT2D eigenvalue weighted by molar-refractivity contribution is -0.143. The van der Waals surface area contributed by atoms with Gasteiger partial charge >= 0.3 is 11.9 Å². The fourth-order valence-corrected chi connectivity index (χ4v) is 4.68. The topological polar surface area (TPSA) is 116 Å². The number of carboxylic acid groups (broad SMARTS) is 1. The van der Waals surface area contributed by atoms with Gasteiger partial charge in [-0.3, -0.25) is 19.2 Å². The van der Waals surface area contributed by atoms with Gasteiger partial charge in [-0.15, -0.1) is 0 Å². The number of hydrogen-bond acceptors (Lipinski definition) is 7. The molecule has 0 fully saturated rings. The molecular weight excluding hydrogens is 631 g/mol. The van der Waals surface area contributed by atoms with Crippen LogP contribution in [0, 0.1) is 0 Å². The zero-order chi connectivity index (χ0) is 33.6. The van der Waals surface area contributed by atoms with Crippen molar-refractivity contribution in [3.05, 3.63) is 106 Å². The van der Waals surface area contributed by atoms with Crippen LogP contribution in [0.25, 0.3) is 22.3 Å². The van der Waals surface area contributed by atoms with Crippen LogP contribution in [0.15, 0.2) is 84.9 Å². The number of carbonyl (C=O) groups excluding carboxylic acids is 3. The molecular formula is C36H34Cl2O8. The molecule has 0 aliphatic carbocycles. The second kappa shape index (κ2) is 17.7. The molecule has 0 spiro atoms. The van der Waals surface area contributed by atoms with Crippen molar-refractivity contribution in [1.82, 2.24) is 0 Å². The Hall–Kier alpha value is -4.66. The summed E-state index contributed by atoms with van der Waals surface area (Å²) in [6.45, 7) is 2.05. The molecule has 0 aliphatic heterocycles. The Balaban J connectivity index is 0.000000251. The van der Waals surface area contributed by atoms with Crippen molar-refractivity contribution in [3.63, 3.8) is 0 Å². The van der Waals surface area contributed by atoms with Gasteiger partial charge in [0.05, 0.1) is 44.8 Å². The lowest BCUT2D eigenvalue weighted by atomic mass is 9.99. The normalized spacial score (nSPS) is 10.3. The van der Waals surface area contributed by atoms with Crippen molar-refractivity contribution in [2.75, 3.05) is 20.8 Å².